The molecule has 0 radical (unpaired) electrons. The summed E-state index contributed by atoms with van der Waals surface area (Å²) in [5.74, 6) is 0. The molecule has 0 heterocycles. The van der Waals surface area contributed by atoms with E-state index in [2.05, 4.69) is 48.6 Å². The van der Waals surface area contributed by atoms with Crippen molar-refractivity contribution in [2.24, 2.45) is 0 Å². The number of nitrogens with two attached hydrogens (primary N) is 1. The normalized spacial score (nSPS) is 15.8. The molecule has 2 aromatic rings. The minimum atomic E-state index is 0. The van der Waals surface area contributed by atoms with Gasteiger partial charge in [-0.2, -0.15) is 0 Å². The summed E-state index contributed by atoms with van der Waals surface area (Å²) in [7, 11) is 0. The number of fused-ring (bicyclic) bond motifs is 1. The third kappa shape index (κ3) is 3.91. The zero-order valence-corrected chi connectivity index (χ0v) is 13.8. The Labute approximate surface area is 139 Å². The third-order valence-corrected chi connectivity index (χ3v) is 4.04. The Morgan fingerprint density at radius 3 is 2.71 bits per heavy atom. The maximum atomic E-state index is 5.86. The van der Waals surface area contributed by atoms with Gasteiger partial charge < -0.3 is 11.1 Å². The zero-order chi connectivity index (χ0) is 13.2. The van der Waals surface area contributed by atoms with Crippen molar-refractivity contribution < 1.29 is 0 Å². The van der Waals surface area contributed by atoms with Crippen molar-refractivity contribution >= 4 is 30.5 Å². The summed E-state index contributed by atoms with van der Waals surface area (Å²) in [5.41, 5.74) is 12.2. The van der Waals surface area contributed by atoms with Gasteiger partial charge in [-0.25, -0.2) is 0 Å². The van der Waals surface area contributed by atoms with E-state index >= 15 is 0 Å². The molecular weight excluding hydrogens is 303 g/mol. The number of nitrogen functional groups attached to an aromatic ring is 1. The molecule has 2 aromatic carbocycles. The highest BCUT2D eigenvalue weighted by atomic mass is 35.5. The lowest BCUT2D eigenvalue weighted by molar-refractivity contribution is 0.529. The van der Waals surface area contributed by atoms with Crippen LogP contribution in [0.5, 0.6) is 0 Å². The van der Waals surface area contributed by atoms with Gasteiger partial charge in [-0.3, -0.25) is 0 Å². The van der Waals surface area contributed by atoms with Crippen molar-refractivity contribution in [3.8, 4) is 0 Å². The van der Waals surface area contributed by atoms with Gasteiger partial charge in [0.25, 0.3) is 0 Å². The molecule has 0 aromatic heterocycles. The number of hydrogen-bond acceptors (Lipinski definition) is 2. The molecule has 4 heteroatoms. The Morgan fingerprint density at radius 2 is 1.90 bits per heavy atom. The average molecular weight is 325 g/mol. The molecule has 0 spiro atoms. The SMILES string of the molecule is Cc1ccc(N)cc1CNC1CCc2ccccc21.Cl.Cl. The molecule has 0 saturated carbocycles. The number of nitrogens with one attached hydrogen (secondary N) is 1. The number of anilines is 1. The summed E-state index contributed by atoms with van der Waals surface area (Å²) in [6.07, 6.45) is 2.38. The van der Waals surface area contributed by atoms with Crippen molar-refractivity contribution in [1.29, 1.82) is 0 Å². The topological polar surface area (TPSA) is 38.0 Å². The number of halogens is 2. The lowest BCUT2D eigenvalue weighted by Crippen LogP contribution is -2.19. The molecular formula is C17H22Cl2N2. The molecule has 114 valence electrons. The first-order valence-electron chi connectivity index (χ1n) is 6.90. The fourth-order valence-corrected chi connectivity index (χ4v) is 2.88. The van der Waals surface area contributed by atoms with Crippen LogP contribution in [0.2, 0.25) is 0 Å². The second-order valence-corrected chi connectivity index (χ2v) is 5.36. The van der Waals surface area contributed by atoms with Crippen LogP contribution in [-0.2, 0) is 13.0 Å². The van der Waals surface area contributed by atoms with E-state index in [0.29, 0.717) is 6.04 Å². The van der Waals surface area contributed by atoms with Crippen molar-refractivity contribution in [2.45, 2.75) is 32.4 Å². The maximum absolute atomic E-state index is 5.86. The van der Waals surface area contributed by atoms with Gasteiger partial charge in [0.15, 0.2) is 0 Å². The maximum Gasteiger partial charge on any atom is 0.0329 e. The highest BCUT2D eigenvalue weighted by molar-refractivity contribution is 5.85. The molecule has 1 aliphatic carbocycles. The van der Waals surface area contributed by atoms with Crippen LogP contribution < -0.4 is 11.1 Å². The molecule has 1 atom stereocenters. The van der Waals surface area contributed by atoms with Crippen LogP contribution in [0.3, 0.4) is 0 Å². The summed E-state index contributed by atoms with van der Waals surface area (Å²) in [6, 6.07) is 15.3. The van der Waals surface area contributed by atoms with E-state index in [-0.39, 0.29) is 24.8 Å². The lowest BCUT2D eigenvalue weighted by atomic mass is 10.1. The number of rotatable bonds is 3. The Hall–Kier alpha value is -1.22. The molecule has 0 fully saturated rings. The highest BCUT2D eigenvalue weighted by Crippen LogP contribution is 2.31. The Bertz CT molecular complexity index is 599. The highest BCUT2D eigenvalue weighted by Gasteiger charge is 2.21. The van der Waals surface area contributed by atoms with E-state index in [4.69, 9.17) is 5.73 Å². The fraction of sp³-hybridized carbons (Fsp3) is 0.294. The first kappa shape index (κ1) is 17.8. The second-order valence-electron chi connectivity index (χ2n) is 5.36. The Morgan fingerprint density at radius 1 is 1.14 bits per heavy atom. The monoisotopic (exact) mass is 324 g/mol. The van der Waals surface area contributed by atoms with Gasteiger partial charge in [-0.05, 0) is 54.2 Å². The standard InChI is InChI=1S/C17H20N2.2ClH/c1-12-6-8-15(18)10-14(12)11-19-17-9-7-13-4-2-3-5-16(13)17;;/h2-6,8,10,17,19H,7,9,11,18H2,1H3;2*1H. The van der Waals surface area contributed by atoms with Crippen LogP contribution in [-0.4, -0.2) is 0 Å². The molecule has 3 N–H and O–H groups in total. The van der Waals surface area contributed by atoms with E-state index in [1.165, 1.54) is 35.1 Å². The van der Waals surface area contributed by atoms with E-state index in [9.17, 15) is 0 Å². The van der Waals surface area contributed by atoms with Crippen LogP contribution >= 0.6 is 24.8 Å². The summed E-state index contributed by atoms with van der Waals surface area (Å²) in [5, 5.41) is 3.67. The van der Waals surface area contributed by atoms with E-state index in [1.807, 2.05) is 6.07 Å². The van der Waals surface area contributed by atoms with Gasteiger partial charge in [0, 0.05) is 18.3 Å². The van der Waals surface area contributed by atoms with Gasteiger partial charge in [0.1, 0.15) is 0 Å². The van der Waals surface area contributed by atoms with Gasteiger partial charge >= 0.3 is 0 Å². The minimum absolute atomic E-state index is 0. The Kier molecular flexibility index (Phi) is 6.53. The van der Waals surface area contributed by atoms with Gasteiger partial charge in [0.05, 0.1) is 0 Å². The van der Waals surface area contributed by atoms with Crippen molar-refractivity contribution in [3.05, 3.63) is 64.7 Å². The molecule has 1 aliphatic rings. The molecule has 0 aliphatic heterocycles. The van der Waals surface area contributed by atoms with Crippen LogP contribution in [0.15, 0.2) is 42.5 Å². The minimum Gasteiger partial charge on any atom is -0.399 e. The average Bonchev–Trinajstić information content (AvgIpc) is 2.83. The van der Waals surface area contributed by atoms with Crippen LogP contribution in [0.4, 0.5) is 5.69 Å². The lowest BCUT2D eigenvalue weighted by Gasteiger charge is -2.15. The summed E-state index contributed by atoms with van der Waals surface area (Å²) < 4.78 is 0. The van der Waals surface area contributed by atoms with Crippen LogP contribution in [0.25, 0.3) is 0 Å². The van der Waals surface area contributed by atoms with Crippen molar-refractivity contribution in [2.75, 3.05) is 5.73 Å². The van der Waals surface area contributed by atoms with Gasteiger partial charge in [0.2, 0.25) is 0 Å². The molecule has 0 amide bonds. The first-order valence-corrected chi connectivity index (χ1v) is 6.90. The molecule has 3 rings (SSSR count). The summed E-state index contributed by atoms with van der Waals surface area (Å²) in [6.45, 7) is 3.02. The van der Waals surface area contributed by atoms with E-state index < -0.39 is 0 Å². The smallest absolute Gasteiger partial charge is 0.0329 e. The quantitative estimate of drug-likeness (QED) is 0.830. The van der Waals surface area contributed by atoms with Gasteiger partial charge in [-0.15, -0.1) is 24.8 Å². The zero-order valence-electron chi connectivity index (χ0n) is 12.1. The molecule has 0 bridgehead atoms. The number of hydrogen-bond donors (Lipinski definition) is 2. The number of aryl methyl sites for hydroxylation is 2. The fourth-order valence-electron chi connectivity index (χ4n) is 2.88. The van der Waals surface area contributed by atoms with E-state index in [1.54, 1.807) is 0 Å². The first-order chi connectivity index (χ1) is 9.24. The second kappa shape index (κ2) is 7.69. The Balaban J connectivity index is 0.00000110. The molecule has 0 saturated heterocycles. The largest absolute Gasteiger partial charge is 0.399 e. The van der Waals surface area contributed by atoms with Gasteiger partial charge in [-0.1, -0.05) is 30.3 Å². The van der Waals surface area contributed by atoms with Crippen molar-refractivity contribution in [3.63, 3.8) is 0 Å². The number of benzene rings is 2. The predicted molar refractivity (Wildman–Crippen MR) is 94.4 cm³/mol. The molecule has 1 unspecified atom stereocenters. The molecule has 2 nitrogen and oxygen atoms in total. The predicted octanol–water partition coefficient (Wildman–Crippen LogP) is 4.20. The van der Waals surface area contributed by atoms with Crippen LogP contribution in [0, 0.1) is 6.92 Å². The van der Waals surface area contributed by atoms with E-state index in [0.717, 1.165) is 12.2 Å². The summed E-state index contributed by atoms with van der Waals surface area (Å²) >= 11 is 0. The van der Waals surface area contributed by atoms with Crippen molar-refractivity contribution in [1.82, 2.24) is 5.32 Å². The molecule has 21 heavy (non-hydrogen) atoms. The third-order valence-electron chi connectivity index (χ3n) is 4.04. The van der Waals surface area contributed by atoms with Crippen LogP contribution in [0.1, 0.15) is 34.7 Å². The summed E-state index contributed by atoms with van der Waals surface area (Å²) in [4.78, 5) is 0.